The molecule has 0 saturated carbocycles. The topological polar surface area (TPSA) is 88.4 Å². The Hall–Kier alpha value is -3.06. The second kappa shape index (κ2) is 8.96. The minimum absolute atomic E-state index is 0.136. The van der Waals surface area contributed by atoms with E-state index < -0.39 is 5.97 Å². The molecule has 1 aliphatic rings. The standard InChI is InChI=1S/C21H21ClN2O5/c1-28-15-6-7-16(19(11-15)29-2)17-12-18(13-4-3-5-14(22)10-13)24(23-17)20(25)8-9-21(26)27/h3-7,10-11,18H,8-9,12H2,1-2H3,(H,26,27)/t18-/m0/s1. The molecule has 0 aromatic heterocycles. The molecule has 1 aliphatic heterocycles. The summed E-state index contributed by atoms with van der Waals surface area (Å²) in [5.41, 5.74) is 2.24. The number of methoxy groups -OCH3 is 2. The molecule has 2 aromatic rings. The summed E-state index contributed by atoms with van der Waals surface area (Å²) in [5.74, 6) is -0.171. The van der Waals surface area contributed by atoms with Crippen molar-refractivity contribution in [1.82, 2.24) is 5.01 Å². The molecule has 0 fully saturated rings. The van der Waals surface area contributed by atoms with E-state index in [-0.39, 0.29) is 24.8 Å². The van der Waals surface area contributed by atoms with E-state index in [1.165, 1.54) is 5.01 Å². The van der Waals surface area contributed by atoms with Crippen LogP contribution < -0.4 is 9.47 Å². The molecule has 1 atom stereocenters. The van der Waals surface area contributed by atoms with Gasteiger partial charge in [0.1, 0.15) is 11.5 Å². The van der Waals surface area contributed by atoms with Crippen molar-refractivity contribution in [3.05, 3.63) is 58.6 Å². The zero-order chi connectivity index (χ0) is 21.0. The molecule has 0 spiro atoms. The number of hydrogen-bond donors (Lipinski definition) is 1. The summed E-state index contributed by atoms with van der Waals surface area (Å²) in [6.45, 7) is 0. The van der Waals surface area contributed by atoms with Crippen molar-refractivity contribution in [3.8, 4) is 11.5 Å². The molecule has 2 aromatic carbocycles. The Balaban J connectivity index is 1.97. The minimum atomic E-state index is -1.03. The highest BCUT2D eigenvalue weighted by Gasteiger charge is 2.34. The van der Waals surface area contributed by atoms with Crippen LogP contribution in [0.3, 0.4) is 0 Å². The number of carboxylic acid groups (broad SMARTS) is 1. The van der Waals surface area contributed by atoms with E-state index in [1.54, 1.807) is 38.5 Å². The molecule has 0 radical (unpaired) electrons. The quantitative estimate of drug-likeness (QED) is 0.739. The first-order valence-corrected chi connectivity index (χ1v) is 9.40. The van der Waals surface area contributed by atoms with Crippen LogP contribution in [0.1, 0.15) is 36.4 Å². The number of benzene rings is 2. The molecule has 29 heavy (non-hydrogen) atoms. The van der Waals surface area contributed by atoms with Gasteiger partial charge in [-0.25, -0.2) is 5.01 Å². The summed E-state index contributed by atoms with van der Waals surface area (Å²) in [6, 6.07) is 12.2. The summed E-state index contributed by atoms with van der Waals surface area (Å²) in [7, 11) is 3.12. The van der Waals surface area contributed by atoms with Crippen LogP contribution >= 0.6 is 11.6 Å². The molecule has 0 saturated heterocycles. The maximum Gasteiger partial charge on any atom is 0.303 e. The van der Waals surface area contributed by atoms with E-state index >= 15 is 0 Å². The molecule has 1 amide bonds. The van der Waals surface area contributed by atoms with Gasteiger partial charge in [-0.15, -0.1) is 0 Å². The van der Waals surface area contributed by atoms with Crippen molar-refractivity contribution in [2.75, 3.05) is 14.2 Å². The van der Waals surface area contributed by atoms with Gasteiger partial charge in [0.25, 0.3) is 0 Å². The highest BCUT2D eigenvalue weighted by molar-refractivity contribution is 6.30. The maximum atomic E-state index is 12.7. The molecule has 0 unspecified atom stereocenters. The second-order valence-corrected chi connectivity index (χ2v) is 6.96. The largest absolute Gasteiger partial charge is 0.497 e. The number of carbonyl (C=O) groups is 2. The third kappa shape index (κ3) is 4.68. The Labute approximate surface area is 173 Å². The Morgan fingerprint density at radius 1 is 1.17 bits per heavy atom. The Bertz CT molecular complexity index is 960. The van der Waals surface area contributed by atoms with Gasteiger partial charge in [-0.2, -0.15) is 5.10 Å². The van der Waals surface area contributed by atoms with Gasteiger partial charge in [-0.05, 0) is 29.8 Å². The normalized spacial score (nSPS) is 15.8. The molecular weight excluding hydrogens is 396 g/mol. The third-order valence-electron chi connectivity index (χ3n) is 4.67. The zero-order valence-electron chi connectivity index (χ0n) is 16.1. The summed E-state index contributed by atoms with van der Waals surface area (Å²) in [5, 5.41) is 15.4. The number of rotatable bonds is 7. The number of hydrogen-bond acceptors (Lipinski definition) is 5. The Morgan fingerprint density at radius 2 is 1.97 bits per heavy atom. The van der Waals surface area contributed by atoms with Gasteiger partial charge in [0.05, 0.1) is 32.4 Å². The number of amides is 1. The molecule has 8 heteroatoms. The van der Waals surface area contributed by atoms with Crippen LogP contribution in [0.25, 0.3) is 0 Å². The molecular formula is C21H21ClN2O5. The third-order valence-corrected chi connectivity index (χ3v) is 4.91. The fraction of sp³-hybridized carbons (Fsp3) is 0.286. The number of ether oxygens (including phenoxy) is 2. The van der Waals surface area contributed by atoms with Crippen molar-refractivity contribution in [3.63, 3.8) is 0 Å². The van der Waals surface area contributed by atoms with Crippen molar-refractivity contribution in [2.24, 2.45) is 5.10 Å². The number of nitrogens with zero attached hydrogens (tertiary/aromatic N) is 2. The first-order valence-electron chi connectivity index (χ1n) is 9.02. The van der Waals surface area contributed by atoms with Crippen LogP contribution in [0.5, 0.6) is 11.5 Å². The fourth-order valence-corrected chi connectivity index (χ4v) is 3.44. The van der Waals surface area contributed by atoms with Gasteiger partial charge in [-0.3, -0.25) is 9.59 Å². The average molecular weight is 417 g/mol. The van der Waals surface area contributed by atoms with Gasteiger partial charge in [0.15, 0.2) is 0 Å². The summed E-state index contributed by atoms with van der Waals surface area (Å²) in [6.07, 6.45) is 0.0546. The lowest BCUT2D eigenvalue weighted by Crippen LogP contribution is -2.27. The van der Waals surface area contributed by atoms with Gasteiger partial charge in [-0.1, -0.05) is 23.7 Å². The van der Waals surface area contributed by atoms with Crippen LogP contribution in [-0.2, 0) is 9.59 Å². The SMILES string of the molecule is COc1ccc(C2=NN(C(=O)CCC(=O)O)[C@H](c3cccc(Cl)c3)C2)c(OC)c1. The number of hydrazone groups is 1. The Morgan fingerprint density at radius 3 is 2.62 bits per heavy atom. The van der Waals surface area contributed by atoms with Gasteiger partial charge in [0.2, 0.25) is 5.91 Å². The predicted molar refractivity (Wildman–Crippen MR) is 109 cm³/mol. The number of carbonyl (C=O) groups excluding carboxylic acids is 1. The summed E-state index contributed by atoms with van der Waals surface area (Å²) >= 11 is 6.14. The maximum absolute atomic E-state index is 12.7. The smallest absolute Gasteiger partial charge is 0.303 e. The van der Waals surface area contributed by atoms with E-state index in [0.717, 1.165) is 11.1 Å². The van der Waals surface area contributed by atoms with Gasteiger partial charge < -0.3 is 14.6 Å². The van der Waals surface area contributed by atoms with Crippen LogP contribution in [0.2, 0.25) is 5.02 Å². The van der Waals surface area contributed by atoms with Gasteiger partial charge >= 0.3 is 5.97 Å². The van der Waals surface area contributed by atoms with E-state index in [4.69, 9.17) is 26.2 Å². The van der Waals surface area contributed by atoms with Crippen LogP contribution in [0.15, 0.2) is 47.6 Å². The van der Waals surface area contributed by atoms with Crippen molar-refractivity contribution in [1.29, 1.82) is 0 Å². The highest BCUT2D eigenvalue weighted by atomic mass is 35.5. The monoisotopic (exact) mass is 416 g/mol. The van der Waals surface area contributed by atoms with Gasteiger partial charge in [0, 0.05) is 29.5 Å². The minimum Gasteiger partial charge on any atom is -0.497 e. The molecule has 1 N–H and O–H groups in total. The van der Waals surface area contributed by atoms with E-state index in [0.29, 0.717) is 28.7 Å². The second-order valence-electron chi connectivity index (χ2n) is 6.52. The Kier molecular flexibility index (Phi) is 6.39. The van der Waals surface area contributed by atoms with Crippen LogP contribution in [-0.4, -0.2) is 41.9 Å². The zero-order valence-corrected chi connectivity index (χ0v) is 16.8. The van der Waals surface area contributed by atoms with Crippen molar-refractivity contribution >= 4 is 29.2 Å². The van der Waals surface area contributed by atoms with E-state index in [2.05, 4.69) is 5.10 Å². The lowest BCUT2D eigenvalue weighted by molar-refractivity contribution is -0.141. The van der Waals surface area contributed by atoms with Crippen molar-refractivity contribution < 1.29 is 24.2 Å². The molecule has 1 heterocycles. The van der Waals surface area contributed by atoms with Crippen LogP contribution in [0, 0.1) is 0 Å². The van der Waals surface area contributed by atoms with E-state index in [9.17, 15) is 9.59 Å². The predicted octanol–water partition coefficient (Wildman–Crippen LogP) is 3.90. The number of aliphatic carboxylic acids is 1. The van der Waals surface area contributed by atoms with Crippen LogP contribution in [0.4, 0.5) is 0 Å². The lowest BCUT2D eigenvalue weighted by atomic mass is 9.97. The van der Waals surface area contributed by atoms with Crippen molar-refractivity contribution in [2.45, 2.75) is 25.3 Å². The molecule has 0 bridgehead atoms. The van der Waals surface area contributed by atoms with E-state index in [1.807, 2.05) is 18.2 Å². The number of carboxylic acids is 1. The summed E-state index contributed by atoms with van der Waals surface area (Å²) in [4.78, 5) is 23.6. The molecule has 3 rings (SSSR count). The average Bonchev–Trinajstić information content (AvgIpc) is 3.16. The first-order chi connectivity index (χ1) is 13.9. The molecule has 0 aliphatic carbocycles. The lowest BCUT2D eigenvalue weighted by Gasteiger charge is -2.22. The highest BCUT2D eigenvalue weighted by Crippen LogP contribution is 2.37. The first kappa shape index (κ1) is 20.7. The fourth-order valence-electron chi connectivity index (χ4n) is 3.24. The molecule has 7 nitrogen and oxygen atoms in total. The number of halogens is 1. The molecule has 152 valence electrons. The summed E-state index contributed by atoms with van der Waals surface area (Å²) < 4.78 is 10.7.